The highest BCUT2D eigenvalue weighted by molar-refractivity contribution is 6.30. The lowest BCUT2D eigenvalue weighted by molar-refractivity contribution is 0.504. The van der Waals surface area contributed by atoms with Crippen LogP contribution in [0.4, 0.5) is 4.39 Å². The van der Waals surface area contributed by atoms with Crippen molar-refractivity contribution in [1.29, 1.82) is 0 Å². The van der Waals surface area contributed by atoms with Crippen molar-refractivity contribution in [1.82, 2.24) is 10.3 Å². The van der Waals surface area contributed by atoms with Crippen molar-refractivity contribution in [2.75, 3.05) is 6.54 Å². The Morgan fingerprint density at radius 3 is 2.52 bits per heavy atom. The number of nitrogens with zero attached hydrogens (tertiary/aromatic N) is 1. The van der Waals surface area contributed by atoms with Crippen LogP contribution < -0.4 is 5.32 Å². The zero-order valence-electron chi connectivity index (χ0n) is 12.2. The zero-order chi connectivity index (χ0) is 15.1. The van der Waals surface area contributed by atoms with Crippen LogP contribution in [0.25, 0.3) is 0 Å². The van der Waals surface area contributed by atoms with E-state index in [0.29, 0.717) is 6.04 Å². The molecule has 0 amide bonds. The molecular weight excluding hydrogens is 287 g/mol. The molecule has 112 valence electrons. The summed E-state index contributed by atoms with van der Waals surface area (Å²) in [6.07, 6.45) is 6.43. The summed E-state index contributed by atoms with van der Waals surface area (Å²) in [7, 11) is 0. The Balaban J connectivity index is 2.06. The van der Waals surface area contributed by atoms with Gasteiger partial charge in [-0.1, -0.05) is 24.6 Å². The van der Waals surface area contributed by atoms with E-state index in [2.05, 4.69) is 17.2 Å². The number of rotatable bonds is 7. The van der Waals surface area contributed by atoms with Crippen molar-refractivity contribution in [2.45, 2.75) is 32.2 Å². The number of nitrogens with one attached hydrogen (secondary N) is 1. The Morgan fingerprint density at radius 1 is 1.14 bits per heavy atom. The molecule has 0 fully saturated rings. The molecule has 21 heavy (non-hydrogen) atoms. The summed E-state index contributed by atoms with van der Waals surface area (Å²) in [5, 5.41) is 3.73. The van der Waals surface area contributed by atoms with Crippen molar-refractivity contribution in [3.8, 4) is 0 Å². The smallest absolute Gasteiger partial charge is 0.141 e. The van der Waals surface area contributed by atoms with Crippen molar-refractivity contribution in [3.63, 3.8) is 0 Å². The Kier molecular flexibility index (Phi) is 6.15. The molecule has 4 heteroatoms. The van der Waals surface area contributed by atoms with Gasteiger partial charge in [-0.2, -0.15) is 0 Å². The molecule has 2 rings (SSSR count). The third kappa shape index (κ3) is 5.10. The van der Waals surface area contributed by atoms with Gasteiger partial charge in [0.2, 0.25) is 0 Å². The van der Waals surface area contributed by atoms with Gasteiger partial charge in [-0.15, -0.1) is 0 Å². The van der Waals surface area contributed by atoms with E-state index in [4.69, 9.17) is 11.6 Å². The predicted octanol–water partition coefficient (Wildman–Crippen LogP) is 4.03. The quantitative estimate of drug-likeness (QED) is 0.835. The van der Waals surface area contributed by atoms with Gasteiger partial charge in [0.1, 0.15) is 5.82 Å². The fraction of sp³-hybridized carbons (Fsp3) is 0.353. The van der Waals surface area contributed by atoms with Crippen LogP contribution >= 0.6 is 11.6 Å². The van der Waals surface area contributed by atoms with E-state index >= 15 is 0 Å². The van der Waals surface area contributed by atoms with E-state index in [1.807, 2.05) is 12.1 Å². The van der Waals surface area contributed by atoms with Gasteiger partial charge < -0.3 is 5.32 Å². The summed E-state index contributed by atoms with van der Waals surface area (Å²) in [6, 6.07) is 9.30. The molecule has 0 aliphatic carbocycles. The number of pyridine rings is 1. The highest BCUT2D eigenvalue weighted by atomic mass is 35.5. The van der Waals surface area contributed by atoms with E-state index in [0.717, 1.165) is 31.4 Å². The Labute approximate surface area is 130 Å². The van der Waals surface area contributed by atoms with Crippen LogP contribution in [0, 0.1) is 5.82 Å². The van der Waals surface area contributed by atoms with E-state index in [1.54, 1.807) is 24.5 Å². The van der Waals surface area contributed by atoms with Gasteiger partial charge >= 0.3 is 0 Å². The maximum atomic E-state index is 13.2. The molecule has 0 bridgehead atoms. The van der Waals surface area contributed by atoms with E-state index < -0.39 is 0 Å². The van der Waals surface area contributed by atoms with Gasteiger partial charge in [0.25, 0.3) is 0 Å². The SMILES string of the molecule is CCCNC(Cc1ccncc1)Cc1ccc(F)c(Cl)c1. The summed E-state index contributed by atoms with van der Waals surface area (Å²) in [5.41, 5.74) is 2.29. The molecule has 1 aromatic carbocycles. The summed E-state index contributed by atoms with van der Waals surface area (Å²) in [6.45, 7) is 3.11. The number of hydrogen-bond acceptors (Lipinski definition) is 2. The van der Waals surface area contributed by atoms with Gasteiger partial charge in [0, 0.05) is 18.4 Å². The molecule has 0 spiro atoms. The van der Waals surface area contributed by atoms with Gasteiger partial charge in [-0.25, -0.2) is 4.39 Å². The summed E-state index contributed by atoms with van der Waals surface area (Å²) in [4.78, 5) is 4.04. The molecule has 0 saturated heterocycles. The second-order valence-corrected chi connectivity index (χ2v) is 5.57. The van der Waals surface area contributed by atoms with Gasteiger partial charge in [-0.05, 0) is 61.2 Å². The first kappa shape index (κ1) is 15.9. The lowest BCUT2D eigenvalue weighted by atomic mass is 9.99. The van der Waals surface area contributed by atoms with E-state index in [1.165, 1.54) is 11.6 Å². The molecule has 1 atom stereocenters. The van der Waals surface area contributed by atoms with E-state index in [-0.39, 0.29) is 10.8 Å². The van der Waals surface area contributed by atoms with Crippen molar-refractivity contribution < 1.29 is 4.39 Å². The van der Waals surface area contributed by atoms with Crippen LogP contribution in [-0.4, -0.2) is 17.6 Å². The summed E-state index contributed by atoms with van der Waals surface area (Å²) in [5.74, 6) is -0.368. The molecule has 0 radical (unpaired) electrons. The summed E-state index contributed by atoms with van der Waals surface area (Å²) < 4.78 is 13.2. The van der Waals surface area contributed by atoms with Gasteiger partial charge in [-0.3, -0.25) is 4.98 Å². The normalized spacial score (nSPS) is 12.3. The second-order valence-electron chi connectivity index (χ2n) is 5.16. The molecule has 1 aromatic heterocycles. The monoisotopic (exact) mass is 306 g/mol. The minimum absolute atomic E-state index is 0.186. The lowest BCUT2D eigenvalue weighted by Gasteiger charge is -2.19. The number of aromatic nitrogens is 1. The average molecular weight is 307 g/mol. The fourth-order valence-electron chi connectivity index (χ4n) is 2.32. The molecule has 0 aliphatic heterocycles. The topological polar surface area (TPSA) is 24.9 Å². The molecule has 0 aliphatic rings. The van der Waals surface area contributed by atoms with Gasteiger partial charge in [0.05, 0.1) is 5.02 Å². The van der Waals surface area contributed by atoms with Crippen LogP contribution in [0.3, 0.4) is 0 Å². The Morgan fingerprint density at radius 2 is 1.86 bits per heavy atom. The largest absolute Gasteiger partial charge is 0.313 e. The first-order chi connectivity index (χ1) is 10.2. The second kappa shape index (κ2) is 8.11. The predicted molar refractivity (Wildman–Crippen MR) is 85.1 cm³/mol. The molecule has 2 aromatic rings. The molecule has 0 saturated carbocycles. The molecule has 1 unspecified atom stereocenters. The third-order valence-electron chi connectivity index (χ3n) is 3.38. The van der Waals surface area contributed by atoms with Crippen LogP contribution in [0.15, 0.2) is 42.7 Å². The molecular formula is C17H20ClFN2. The van der Waals surface area contributed by atoms with Crippen molar-refractivity contribution >= 4 is 11.6 Å². The fourth-order valence-corrected chi connectivity index (χ4v) is 2.52. The standard InChI is InChI=1S/C17H20ClFN2/c1-2-7-21-15(10-13-5-8-20-9-6-13)11-14-3-4-17(19)16(18)12-14/h3-6,8-9,12,15,21H,2,7,10-11H2,1H3. The Hall–Kier alpha value is -1.45. The molecule has 2 nitrogen and oxygen atoms in total. The molecule has 1 N–H and O–H groups in total. The minimum Gasteiger partial charge on any atom is -0.313 e. The first-order valence-electron chi connectivity index (χ1n) is 7.25. The first-order valence-corrected chi connectivity index (χ1v) is 7.63. The minimum atomic E-state index is -0.368. The highest BCUT2D eigenvalue weighted by Crippen LogP contribution is 2.18. The van der Waals surface area contributed by atoms with Crippen LogP contribution in [0.1, 0.15) is 24.5 Å². The lowest BCUT2D eigenvalue weighted by Crippen LogP contribution is -2.33. The number of halogens is 2. The average Bonchev–Trinajstić information content (AvgIpc) is 2.49. The zero-order valence-corrected chi connectivity index (χ0v) is 12.9. The van der Waals surface area contributed by atoms with Crippen molar-refractivity contribution in [2.24, 2.45) is 0 Å². The summed E-state index contributed by atoms with van der Waals surface area (Å²) >= 11 is 5.86. The molecule has 1 heterocycles. The Bertz CT molecular complexity index is 560. The number of hydrogen-bond donors (Lipinski definition) is 1. The van der Waals surface area contributed by atoms with Gasteiger partial charge in [0.15, 0.2) is 0 Å². The van der Waals surface area contributed by atoms with Crippen molar-refractivity contribution in [3.05, 3.63) is 64.7 Å². The van der Waals surface area contributed by atoms with Crippen LogP contribution in [0.5, 0.6) is 0 Å². The van der Waals surface area contributed by atoms with E-state index in [9.17, 15) is 4.39 Å². The van der Waals surface area contributed by atoms with Crippen LogP contribution in [0.2, 0.25) is 5.02 Å². The third-order valence-corrected chi connectivity index (χ3v) is 3.67. The maximum absolute atomic E-state index is 13.2. The van der Waals surface area contributed by atoms with Crippen LogP contribution in [-0.2, 0) is 12.8 Å². The highest BCUT2D eigenvalue weighted by Gasteiger charge is 2.11. The maximum Gasteiger partial charge on any atom is 0.141 e. The number of benzene rings is 1.